The highest BCUT2D eigenvalue weighted by Gasteiger charge is 2.06. The number of oxime groups is 1. The standard InChI is InChI=1S/C11H16ClN3O/c1-2-15(8-11(13)14-16)7-9-4-3-5-10(12)6-9/h3-6,16H,2,7-8H2,1H3,(H2,13,14). The number of halogens is 1. The molecule has 0 bridgehead atoms. The van der Waals surface area contributed by atoms with Crippen LogP contribution in [0.1, 0.15) is 12.5 Å². The molecule has 1 aromatic carbocycles. The molecule has 0 saturated carbocycles. The summed E-state index contributed by atoms with van der Waals surface area (Å²) in [6.07, 6.45) is 0. The van der Waals surface area contributed by atoms with Gasteiger partial charge in [0.25, 0.3) is 0 Å². The van der Waals surface area contributed by atoms with Gasteiger partial charge in [0.05, 0.1) is 6.54 Å². The van der Waals surface area contributed by atoms with Crippen LogP contribution in [0, 0.1) is 0 Å². The van der Waals surface area contributed by atoms with Crippen LogP contribution in [0.3, 0.4) is 0 Å². The molecule has 0 spiro atoms. The van der Waals surface area contributed by atoms with Crippen LogP contribution in [-0.4, -0.2) is 29.0 Å². The van der Waals surface area contributed by atoms with E-state index >= 15 is 0 Å². The van der Waals surface area contributed by atoms with Crippen LogP contribution >= 0.6 is 11.6 Å². The Morgan fingerprint density at radius 1 is 1.56 bits per heavy atom. The zero-order chi connectivity index (χ0) is 12.0. The average molecular weight is 242 g/mol. The second-order valence-electron chi connectivity index (χ2n) is 3.52. The summed E-state index contributed by atoms with van der Waals surface area (Å²) in [7, 11) is 0. The SMILES string of the molecule is CCN(CC(N)=NO)Cc1cccc(Cl)c1. The molecule has 0 aliphatic heterocycles. The summed E-state index contributed by atoms with van der Waals surface area (Å²) < 4.78 is 0. The van der Waals surface area contributed by atoms with Gasteiger partial charge >= 0.3 is 0 Å². The number of nitrogens with zero attached hydrogens (tertiary/aromatic N) is 2. The predicted octanol–water partition coefficient (Wildman–Crippen LogP) is 1.91. The lowest BCUT2D eigenvalue weighted by atomic mass is 10.2. The molecule has 0 radical (unpaired) electrons. The maximum atomic E-state index is 8.50. The molecule has 1 rings (SSSR count). The van der Waals surface area contributed by atoms with Crippen LogP contribution in [0.2, 0.25) is 5.02 Å². The molecule has 0 fully saturated rings. The van der Waals surface area contributed by atoms with Crippen molar-refractivity contribution in [3.05, 3.63) is 34.9 Å². The Labute approximate surface area is 100 Å². The second kappa shape index (κ2) is 6.35. The van der Waals surface area contributed by atoms with Gasteiger partial charge in [0.1, 0.15) is 0 Å². The first kappa shape index (κ1) is 12.8. The summed E-state index contributed by atoms with van der Waals surface area (Å²) >= 11 is 5.90. The molecule has 0 unspecified atom stereocenters. The third-order valence-electron chi connectivity index (χ3n) is 2.26. The molecule has 0 aromatic heterocycles. The second-order valence-corrected chi connectivity index (χ2v) is 3.96. The number of nitrogens with two attached hydrogens (primary N) is 1. The van der Waals surface area contributed by atoms with Gasteiger partial charge < -0.3 is 10.9 Å². The van der Waals surface area contributed by atoms with E-state index in [0.29, 0.717) is 6.54 Å². The molecule has 0 atom stereocenters. The van der Waals surface area contributed by atoms with Gasteiger partial charge in [-0.25, -0.2) is 0 Å². The van der Waals surface area contributed by atoms with Crippen LogP contribution in [0.15, 0.2) is 29.4 Å². The van der Waals surface area contributed by atoms with Crippen LogP contribution in [-0.2, 0) is 6.54 Å². The fourth-order valence-corrected chi connectivity index (χ4v) is 1.65. The molecule has 0 aliphatic rings. The molecule has 16 heavy (non-hydrogen) atoms. The molecule has 0 amide bonds. The van der Waals surface area contributed by atoms with Crippen molar-refractivity contribution >= 4 is 17.4 Å². The highest BCUT2D eigenvalue weighted by atomic mass is 35.5. The number of hydrogen-bond donors (Lipinski definition) is 2. The van der Waals surface area contributed by atoms with Crippen molar-refractivity contribution in [3.8, 4) is 0 Å². The molecule has 0 saturated heterocycles. The molecule has 0 aliphatic carbocycles. The van der Waals surface area contributed by atoms with E-state index in [1.165, 1.54) is 0 Å². The first-order valence-corrected chi connectivity index (χ1v) is 5.46. The minimum atomic E-state index is 0.212. The fourth-order valence-electron chi connectivity index (χ4n) is 1.43. The van der Waals surface area contributed by atoms with E-state index in [-0.39, 0.29) is 5.84 Å². The van der Waals surface area contributed by atoms with E-state index in [9.17, 15) is 0 Å². The Hall–Kier alpha value is -1.26. The number of hydrogen-bond acceptors (Lipinski definition) is 3. The van der Waals surface area contributed by atoms with Gasteiger partial charge in [-0.3, -0.25) is 4.90 Å². The largest absolute Gasteiger partial charge is 0.409 e. The normalized spacial score (nSPS) is 12.1. The lowest BCUT2D eigenvalue weighted by molar-refractivity contribution is 0.294. The molecule has 0 heterocycles. The van der Waals surface area contributed by atoms with Crippen molar-refractivity contribution in [1.82, 2.24) is 4.90 Å². The molecule has 4 nitrogen and oxygen atoms in total. The van der Waals surface area contributed by atoms with E-state index in [2.05, 4.69) is 10.1 Å². The lowest BCUT2D eigenvalue weighted by Crippen LogP contribution is -2.33. The highest BCUT2D eigenvalue weighted by Crippen LogP contribution is 2.12. The summed E-state index contributed by atoms with van der Waals surface area (Å²) in [6, 6.07) is 7.66. The minimum absolute atomic E-state index is 0.212. The Morgan fingerprint density at radius 3 is 2.88 bits per heavy atom. The predicted molar refractivity (Wildman–Crippen MR) is 65.8 cm³/mol. The van der Waals surface area contributed by atoms with Gasteiger partial charge in [0.15, 0.2) is 5.84 Å². The van der Waals surface area contributed by atoms with E-state index in [1.54, 1.807) is 0 Å². The van der Waals surface area contributed by atoms with Gasteiger partial charge in [0.2, 0.25) is 0 Å². The molecule has 3 N–H and O–H groups in total. The van der Waals surface area contributed by atoms with E-state index < -0.39 is 0 Å². The number of amidine groups is 1. The summed E-state index contributed by atoms with van der Waals surface area (Å²) in [5.74, 6) is 0.212. The Bertz CT molecular complexity index is 368. The minimum Gasteiger partial charge on any atom is -0.409 e. The Morgan fingerprint density at radius 2 is 2.31 bits per heavy atom. The zero-order valence-electron chi connectivity index (χ0n) is 9.23. The molecule has 5 heteroatoms. The van der Waals surface area contributed by atoms with Gasteiger partial charge in [0, 0.05) is 11.6 Å². The number of benzene rings is 1. The summed E-state index contributed by atoms with van der Waals surface area (Å²) in [5, 5.41) is 12.2. The van der Waals surface area contributed by atoms with E-state index in [4.69, 9.17) is 22.5 Å². The van der Waals surface area contributed by atoms with Crippen LogP contribution < -0.4 is 5.73 Å². The van der Waals surface area contributed by atoms with Crippen molar-refractivity contribution < 1.29 is 5.21 Å². The van der Waals surface area contributed by atoms with Crippen LogP contribution in [0.4, 0.5) is 0 Å². The van der Waals surface area contributed by atoms with E-state index in [0.717, 1.165) is 23.7 Å². The van der Waals surface area contributed by atoms with Gasteiger partial charge in [-0.2, -0.15) is 0 Å². The lowest BCUT2D eigenvalue weighted by Gasteiger charge is -2.19. The van der Waals surface area contributed by atoms with Crippen LogP contribution in [0.5, 0.6) is 0 Å². The van der Waals surface area contributed by atoms with Crippen LogP contribution in [0.25, 0.3) is 0 Å². The van der Waals surface area contributed by atoms with Gasteiger partial charge in [-0.05, 0) is 24.2 Å². The van der Waals surface area contributed by atoms with Crippen molar-refractivity contribution in [2.24, 2.45) is 10.9 Å². The van der Waals surface area contributed by atoms with Gasteiger partial charge in [-0.1, -0.05) is 35.8 Å². The Balaban J connectivity index is 2.63. The van der Waals surface area contributed by atoms with Crippen molar-refractivity contribution in [3.63, 3.8) is 0 Å². The maximum Gasteiger partial charge on any atom is 0.153 e. The highest BCUT2D eigenvalue weighted by molar-refractivity contribution is 6.30. The van der Waals surface area contributed by atoms with Crippen molar-refractivity contribution in [1.29, 1.82) is 0 Å². The molecular formula is C11H16ClN3O. The maximum absolute atomic E-state index is 8.50. The summed E-state index contributed by atoms with van der Waals surface area (Å²) in [6.45, 7) is 4.02. The third kappa shape index (κ3) is 4.08. The topological polar surface area (TPSA) is 61.8 Å². The quantitative estimate of drug-likeness (QED) is 0.358. The van der Waals surface area contributed by atoms with Crippen molar-refractivity contribution in [2.45, 2.75) is 13.5 Å². The van der Waals surface area contributed by atoms with Crippen molar-refractivity contribution in [2.75, 3.05) is 13.1 Å². The van der Waals surface area contributed by atoms with Gasteiger partial charge in [-0.15, -0.1) is 0 Å². The number of likely N-dealkylation sites (N-methyl/N-ethyl adjacent to an activating group) is 1. The first-order valence-electron chi connectivity index (χ1n) is 5.09. The van der Waals surface area contributed by atoms with E-state index in [1.807, 2.05) is 31.2 Å². The smallest absolute Gasteiger partial charge is 0.153 e. The fraction of sp³-hybridized carbons (Fsp3) is 0.364. The Kier molecular flexibility index (Phi) is 5.08. The molecule has 1 aromatic rings. The summed E-state index contributed by atoms with van der Waals surface area (Å²) in [5.41, 5.74) is 6.58. The molecular weight excluding hydrogens is 226 g/mol. The first-order chi connectivity index (χ1) is 7.65. The molecule has 88 valence electrons. The monoisotopic (exact) mass is 241 g/mol. The third-order valence-corrected chi connectivity index (χ3v) is 2.49. The summed E-state index contributed by atoms with van der Waals surface area (Å²) in [4.78, 5) is 2.06. The average Bonchev–Trinajstić information content (AvgIpc) is 2.28. The zero-order valence-corrected chi connectivity index (χ0v) is 9.98. The number of rotatable bonds is 5.